The molecule has 0 unspecified atom stereocenters. The van der Waals surface area contributed by atoms with Crippen LogP contribution in [0.5, 0.6) is 0 Å². The molecule has 0 atom stereocenters. The van der Waals surface area contributed by atoms with E-state index in [1.807, 2.05) is 19.9 Å². The van der Waals surface area contributed by atoms with Crippen molar-refractivity contribution in [2.24, 2.45) is 0 Å². The molecule has 0 N–H and O–H groups in total. The molecular formula is C24H29N3O4S. The van der Waals surface area contributed by atoms with Crippen LogP contribution in [0, 0.1) is 20.8 Å². The maximum Gasteiger partial charge on any atom is 0.349 e. The van der Waals surface area contributed by atoms with Crippen molar-refractivity contribution < 1.29 is 14.3 Å². The van der Waals surface area contributed by atoms with E-state index in [1.54, 1.807) is 11.5 Å². The summed E-state index contributed by atoms with van der Waals surface area (Å²) in [5, 5.41) is 0.488. The number of Topliss-reactive ketones (excluding diaryl/α,β-unsaturated/α-hetero) is 1. The van der Waals surface area contributed by atoms with E-state index in [4.69, 9.17) is 4.74 Å². The zero-order valence-electron chi connectivity index (χ0n) is 19.1. The Morgan fingerprint density at radius 2 is 1.97 bits per heavy atom. The molecule has 3 aromatic heterocycles. The predicted molar refractivity (Wildman–Crippen MR) is 125 cm³/mol. The van der Waals surface area contributed by atoms with Crippen LogP contribution >= 0.6 is 11.3 Å². The number of aryl methyl sites for hydroxylation is 3. The van der Waals surface area contributed by atoms with Crippen molar-refractivity contribution in [3.8, 4) is 0 Å². The Hall–Kier alpha value is -2.74. The van der Waals surface area contributed by atoms with E-state index in [0.29, 0.717) is 32.8 Å². The molecule has 0 amide bonds. The number of rotatable bonds is 6. The van der Waals surface area contributed by atoms with Crippen LogP contribution in [0.3, 0.4) is 0 Å². The minimum atomic E-state index is -0.583. The quantitative estimate of drug-likeness (QED) is 0.407. The van der Waals surface area contributed by atoms with Crippen molar-refractivity contribution >= 4 is 33.3 Å². The predicted octanol–water partition coefficient (Wildman–Crippen LogP) is 4.36. The molecule has 0 fully saturated rings. The van der Waals surface area contributed by atoms with E-state index in [1.165, 1.54) is 11.3 Å². The summed E-state index contributed by atoms with van der Waals surface area (Å²) >= 11 is 1.18. The molecule has 4 rings (SSSR count). The topological polar surface area (TPSA) is 83.2 Å². The summed E-state index contributed by atoms with van der Waals surface area (Å²) in [4.78, 5) is 44.2. The molecule has 0 spiro atoms. The molecule has 0 aliphatic carbocycles. The number of fused-ring (bicyclic) bond motifs is 2. The highest BCUT2D eigenvalue weighted by molar-refractivity contribution is 7.20. The third-order valence-electron chi connectivity index (χ3n) is 6.25. The van der Waals surface area contributed by atoms with Crippen LogP contribution in [0.25, 0.3) is 10.2 Å². The van der Waals surface area contributed by atoms with Crippen molar-refractivity contribution in [2.75, 3.05) is 6.61 Å². The summed E-state index contributed by atoms with van der Waals surface area (Å²) in [7, 11) is 0. The SMILES string of the molecule is CCCn1c(C)cc(C(=O)COC(=O)c2sc3nc4n(c(=O)c3c2C)CCCCC4)c1C. The summed E-state index contributed by atoms with van der Waals surface area (Å²) in [6.07, 6.45) is 4.80. The number of hydrogen-bond donors (Lipinski definition) is 0. The van der Waals surface area contributed by atoms with E-state index in [2.05, 4.69) is 16.5 Å². The number of thiophene rings is 1. The zero-order valence-corrected chi connectivity index (χ0v) is 19.9. The number of carbonyl (C=O) groups excluding carboxylic acids is 2. The Kier molecular flexibility index (Phi) is 6.33. The van der Waals surface area contributed by atoms with Gasteiger partial charge in [0.05, 0.1) is 5.39 Å². The summed E-state index contributed by atoms with van der Waals surface area (Å²) in [6.45, 7) is 8.91. The van der Waals surface area contributed by atoms with Crippen LogP contribution in [0.2, 0.25) is 0 Å². The maximum absolute atomic E-state index is 13.1. The summed E-state index contributed by atoms with van der Waals surface area (Å²) in [6, 6.07) is 1.85. The Labute approximate surface area is 191 Å². The average molecular weight is 456 g/mol. The Morgan fingerprint density at radius 1 is 1.19 bits per heavy atom. The lowest BCUT2D eigenvalue weighted by Crippen LogP contribution is -2.24. The van der Waals surface area contributed by atoms with Crippen LogP contribution in [0.15, 0.2) is 10.9 Å². The third kappa shape index (κ3) is 3.92. The first-order valence-corrected chi connectivity index (χ1v) is 12.0. The van der Waals surface area contributed by atoms with Gasteiger partial charge in [0.15, 0.2) is 6.61 Å². The van der Waals surface area contributed by atoms with Crippen molar-refractivity contribution in [1.82, 2.24) is 14.1 Å². The lowest BCUT2D eigenvalue weighted by molar-refractivity contribution is 0.0479. The van der Waals surface area contributed by atoms with Gasteiger partial charge in [-0.1, -0.05) is 13.3 Å². The van der Waals surface area contributed by atoms with E-state index in [0.717, 1.165) is 55.9 Å². The first kappa shape index (κ1) is 22.5. The van der Waals surface area contributed by atoms with E-state index < -0.39 is 5.97 Å². The highest BCUT2D eigenvalue weighted by atomic mass is 32.1. The van der Waals surface area contributed by atoms with Gasteiger partial charge in [-0.05, 0) is 51.7 Å². The van der Waals surface area contributed by atoms with Crippen LogP contribution in [-0.4, -0.2) is 32.5 Å². The molecule has 1 aliphatic heterocycles. The van der Waals surface area contributed by atoms with Gasteiger partial charge in [-0.15, -0.1) is 11.3 Å². The smallest absolute Gasteiger partial charge is 0.349 e. The summed E-state index contributed by atoms with van der Waals surface area (Å²) in [5.74, 6) is -0.0166. The van der Waals surface area contributed by atoms with Crippen molar-refractivity contribution in [2.45, 2.75) is 72.9 Å². The van der Waals surface area contributed by atoms with Gasteiger partial charge >= 0.3 is 5.97 Å². The minimum absolute atomic E-state index is 0.0841. The second kappa shape index (κ2) is 9.02. The number of esters is 1. The first-order chi connectivity index (χ1) is 15.3. The second-order valence-corrected chi connectivity index (χ2v) is 9.47. The molecule has 0 radical (unpaired) electrons. The molecule has 0 saturated carbocycles. The number of aromatic nitrogens is 3. The van der Waals surface area contributed by atoms with Gasteiger partial charge in [-0.2, -0.15) is 0 Å². The summed E-state index contributed by atoms with van der Waals surface area (Å²) in [5.41, 5.74) is 2.99. The van der Waals surface area contributed by atoms with Crippen molar-refractivity contribution in [3.63, 3.8) is 0 Å². The highest BCUT2D eigenvalue weighted by Gasteiger charge is 2.24. The van der Waals surface area contributed by atoms with Gasteiger partial charge in [0.2, 0.25) is 5.78 Å². The molecule has 0 saturated heterocycles. The fourth-order valence-electron chi connectivity index (χ4n) is 4.53. The first-order valence-electron chi connectivity index (χ1n) is 11.2. The fraction of sp³-hybridized carbons (Fsp3) is 0.500. The van der Waals surface area contributed by atoms with E-state index in [-0.39, 0.29) is 17.9 Å². The molecule has 8 heteroatoms. The Balaban J connectivity index is 1.56. The van der Waals surface area contributed by atoms with Crippen LogP contribution in [0.4, 0.5) is 0 Å². The normalized spacial score (nSPS) is 13.8. The molecule has 1 aliphatic rings. The van der Waals surface area contributed by atoms with Crippen LogP contribution in [0.1, 0.15) is 75.4 Å². The zero-order chi connectivity index (χ0) is 23.0. The van der Waals surface area contributed by atoms with E-state index >= 15 is 0 Å². The fourth-order valence-corrected chi connectivity index (χ4v) is 5.61. The number of nitrogens with zero attached hydrogens (tertiary/aromatic N) is 3. The standard InChI is InChI=1S/C24H29N3O4S/c1-5-10-26-14(2)12-17(16(26)4)18(28)13-31-24(30)21-15(3)20-22(32-21)25-19-9-7-6-8-11-27(19)23(20)29/h12H,5-11,13H2,1-4H3. The lowest BCUT2D eigenvalue weighted by atomic mass is 10.1. The van der Waals surface area contributed by atoms with Gasteiger partial charge in [0.1, 0.15) is 15.5 Å². The van der Waals surface area contributed by atoms with Gasteiger partial charge in [0.25, 0.3) is 5.56 Å². The van der Waals surface area contributed by atoms with E-state index in [9.17, 15) is 14.4 Å². The molecule has 7 nitrogen and oxygen atoms in total. The molecule has 170 valence electrons. The largest absolute Gasteiger partial charge is 0.453 e. The number of ketones is 1. The van der Waals surface area contributed by atoms with Crippen LogP contribution in [-0.2, 0) is 24.2 Å². The van der Waals surface area contributed by atoms with Gasteiger partial charge in [0, 0.05) is 36.5 Å². The lowest BCUT2D eigenvalue weighted by Gasteiger charge is -2.08. The minimum Gasteiger partial charge on any atom is -0.453 e. The number of ether oxygens (including phenoxy) is 1. The van der Waals surface area contributed by atoms with Crippen molar-refractivity contribution in [3.05, 3.63) is 49.6 Å². The van der Waals surface area contributed by atoms with Crippen LogP contribution < -0.4 is 5.56 Å². The van der Waals surface area contributed by atoms with Crippen molar-refractivity contribution in [1.29, 1.82) is 0 Å². The molecule has 4 heterocycles. The van der Waals surface area contributed by atoms with Gasteiger partial charge in [-0.25, -0.2) is 9.78 Å². The maximum atomic E-state index is 13.1. The molecule has 0 aromatic carbocycles. The average Bonchev–Trinajstić information content (AvgIpc) is 3.11. The molecular weight excluding hydrogens is 426 g/mol. The number of carbonyl (C=O) groups is 2. The van der Waals surface area contributed by atoms with Gasteiger partial charge in [-0.3, -0.25) is 14.2 Å². The second-order valence-electron chi connectivity index (χ2n) is 8.47. The summed E-state index contributed by atoms with van der Waals surface area (Å²) < 4.78 is 9.24. The Bertz CT molecular complexity index is 1260. The Morgan fingerprint density at radius 3 is 2.72 bits per heavy atom. The number of hydrogen-bond acceptors (Lipinski definition) is 6. The molecule has 32 heavy (non-hydrogen) atoms. The third-order valence-corrected chi connectivity index (χ3v) is 7.42. The monoisotopic (exact) mass is 455 g/mol. The highest BCUT2D eigenvalue weighted by Crippen LogP contribution is 2.29. The molecule has 3 aromatic rings. The van der Waals surface area contributed by atoms with Gasteiger partial charge < -0.3 is 9.30 Å². The molecule has 0 bridgehead atoms.